The number of aliphatic hydroxyl groups excluding tert-OH is 1. The van der Waals surface area contributed by atoms with Crippen LogP contribution < -0.4 is 5.32 Å². The quantitative estimate of drug-likeness (QED) is 0.735. The zero-order chi connectivity index (χ0) is 13.8. The van der Waals surface area contributed by atoms with Crippen LogP contribution in [-0.2, 0) is 13.1 Å². The summed E-state index contributed by atoms with van der Waals surface area (Å²) in [5, 5.41) is 19.1. The lowest BCUT2D eigenvalue weighted by Crippen LogP contribution is -2.09. The molecular weight excluding hydrogens is 292 g/mol. The van der Waals surface area contributed by atoms with E-state index in [9.17, 15) is 0 Å². The van der Waals surface area contributed by atoms with Crippen molar-refractivity contribution in [1.29, 1.82) is 0 Å². The summed E-state index contributed by atoms with van der Waals surface area (Å²) in [5.74, 6) is 0.913. The van der Waals surface area contributed by atoms with Crippen molar-refractivity contribution < 1.29 is 5.11 Å². The van der Waals surface area contributed by atoms with E-state index in [4.69, 9.17) is 5.11 Å². The summed E-state index contributed by atoms with van der Waals surface area (Å²) in [6.45, 7) is 1.27. The molecule has 7 heteroatoms. The summed E-state index contributed by atoms with van der Waals surface area (Å²) in [4.78, 5) is 6.35. The molecule has 0 fully saturated rings. The average molecular weight is 306 g/mol. The van der Waals surface area contributed by atoms with Gasteiger partial charge < -0.3 is 10.4 Å². The summed E-state index contributed by atoms with van der Waals surface area (Å²) in [7, 11) is 0. The highest BCUT2D eigenvalue weighted by Crippen LogP contribution is 2.26. The average Bonchev–Trinajstić information content (AvgIpc) is 3.19. The number of thiophene rings is 1. The molecule has 0 saturated carbocycles. The fourth-order valence-corrected chi connectivity index (χ4v) is 3.09. The van der Waals surface area contributed by atoms with Crippen molar-refractivity contribution in [2.75, 3.05) is 11.9 Å². The minimum atomic E-state index is 0.0702. The summed E-state index contributed by atoms with van der Waals surface area (Å²) < 4.78 is 1.80. The highest BCUT2D eigenvalue weighted by Gasteiger charge is 2.10. The van der Waals surface area contributed by atoms with Gasteiger partial charge in [0.1, 0.15) is 11.5 Å². The Labute approximate surface area is 124 Å². The molecule has 0 aliphatic carbocycles. The number of anilines is 1. The highest BCUT2D eigenvalue weighted by atomic mass is 32.1. The Morgan fingerprint density at radius 2 is 2.30 bits per heavy atom. The second-order valence-corrected chi connectivity index (χ2v) is 6.08. The number of rotatable bonds is 6. The Hall–Kier alpha value is -1.70. The molecule has 104 valence electrons. The van der Waals surface area contributed by atoms with Gasteiger partial charge in [-0.3, -0.25) is 4.98 Å². The van der Waals surface area contributed by atoms with Crippen LogP contribution in [0.5, 0.6) is 0 Å². The van der Waals surface area contributed by atoms with Gasteiger partial charge in [0.2, 0.25) is 0 Å². The molecular formula is C13H14N4OS2. The van der Waals surface area contributed by atoms with E-state index in [2.05, 4.69) is 15.4 Å². The van der Waals surface area contributed by atoms with Gasteiger partial charge in [-0.1, -0.05) is 6.07 Å². The Bertz CT molecular complexity index is 646. The lowest BCUT2D eigenvalue weighted by atomic mass is 10.3. The molecule has 0 aliphatic heterocycles. The van der Waals surface area contributed by atoms with Gasteiger partial charge in [-0.15, -0.1) is 22.7 Å². The SMILES string of the molecule is OCCn1nc(-c2cccs2)cc1NCc1cncs1. The Morgan fingerprint density at radius 3 is 3.00 bits per heavy atom. The normalized spacial score (nSPS) is 10.8. The third-order valence-corrected chi connectivity index (χ3v) is 4.46. The number of nitrogens with zero attached hydrogens (tertiary/aromatic N) is 3. The van der Waals surface area contributed by atoms with Crippen LogP contribution in [-0.4, -0.2) is 26.5 Å². The van der Waals surface area contributed by atoms with Crippen LogP contribution in [0.4, 0.5) is 5.82 Å². The molecule has 0 unspecified atom stereocenters. The van der Waals surface area contributed by atoms with Crippen LogP contribution >= 0.6 is 22.7 Å². The van der Waals surface area contributed by atoms with Crippen molar-refractivity contribution in [3.63, 3.8) is 0 Å². The van der Waals surface area contributed by atoms with Crippen LogP contribution in [0.3, 0.4) is 0 Å². The number of aliphatic hydroxyl groups is 1. The number of hydrogen-bond donors (Lipinski definition) is 2. The van der Waals surface area contributed by atoms with Crippen molar-refractivity contribution in [2.45, 2.75) is 13.1 Å². The smallest absolute Gasteiger partial charge is 0.125 e. The third kappa shape index (κ3) is 2.90. The Balaban J connectivity index is 1.80. The first-order valence-electron chi connectivity index (χ1n) is 6.20. The van der Waals surface area contributed by atoms with Gasteiger partial charge in [0.25, 0.3) is 0 Å². The number of aromatic nitrogens is 3. The van der Waals surface area contributed by atoms with Crippen LogP contribution in [0.1, 0.15) is 4.88 Å². The molecule has 0 spiro atoms. The highest BCUT2D eigenvalue weighted by molar-refractivity contribution is 7.13. The molecule has 0 bridgehead atoms. The minimum Gasteiger partial charge on any atom is -0.394 e. The van der Waals surface area contributed by atoms with Crippen LogP contribution in [0.15, 0.2) is 35.3 Å². The molecule has 3 aromatic heterocycles. The first kappa shape index (κ1) is 13.3. The molecule has 3 heterocycles. The molecule has 20 heavy (non-hydrogen) atoms. The van der Waals surface area contributed by atoms with E-state index < -0.39 is 0 Å². The van der Waals surface area contributed by atoms with E-state index in [0.29, 0.717) is 13.1 Å². The van der Waals surface area contributed by atoms with Gasteiger partial charge >= 0.3 is 0 Å². The summed E-state index contributed by atoms with van der Waals surface area (Å²) in [6, 6.07) is 6.07. The maximum Gasteiger partial charge on any atom is 0.125 e. The van der Waals surface area contributed by atoms with Crippen LogP contribution in [0.2, 0.25) is 0 Å². The molecule has 0 radical (unpaired) electrons. The molecule has 0 amide bonds. The largest absolute Gasteiger partial charge is 0.394 e. The Morgan fingerprint density at radius 1 is 1.35 bits per heavy atom. The minimum absolute atomic E-state index is 0.0702. The molecule has 5 nitrogen and oxygen atoms in total. The van der Waals surface area contributed by atoms with Crippen molar-refractivity contribution in [2.24, 2.45) is 0 Å². The summed E-state index contributed by atoms with van der Waals surface area (Å²) >= 11 is 3.27. The molecule has 0 saturated heterocycles. The fraction of sp³-hybridized carbons (Fsp3) is 0.231. The van der Waals surface area contributed by atoms with Crippen molar-refractivity contribution in [1.82, 2.24) is 14.8 Å². The lowest BCUT2D eigenvalue weighted by molar-refractivity contribution is 0.270. The van der Waals surface area contributed by atoms with E-state index in [-0.39, 0.29) is 6.61 Å². The van der Waals surface area contributed by atoms with Crippen LogP contribution in [0, 0.1) is 0 Å². The Kier molecular flexibility index (Phi) is 4.10. The van der Waals surface area contributed by atoms with Crippen molar-refractivity contribution >= 4 is 28.5 Å². The molecule has 3 aromatic rings. The zero-order valence-electron chi connectivity index (χ0n) is 10.7. The fourth-order valence-electron chi connectivity index (χ4n) is 1.88. The predicted octanol–water partition coefficient (Wildman–Crippen LogP) is 2.67. The number of thiazole rings is 1. The molecule has 2 N–H and O–H groups in total. The van der Waals surface area contributed by atoms with Gasteiger partial charge in [-0.2, -0.15) is 5.10 Å². The van der Waals surface area contributed by atoms with Gasteiger partial charge in [0.15, 0.2) is 0 Å². The second-order valence-electron chi connectivity index (χ2n) is 4.16. The molecule has 0 aromatic carbocycles. The second kappa shape index (κ2) is 6.17. The summed E-state index contributed by atoms with van der Waals surface area (Å²) in [6.07, 6.45) is 1.85. The van der Waals surface area contributed by atoms with E-state index >= 15 is 0 Å². The maximum absolute atomic E-state index is 9.14. The zero-order valence-corrected chi connectivity index (χ0v) is 12.3. The van der Waals surface area contributed by atoms with E-state index in [1.807, 2.05) is 35.3 Å². The van der Waals surface area contributed by atoms with E-state index in [1.54, 1.807) is 27.4 Å². The predicted molar refractivity (Wildman–Crippen MR) is 82.1 cm³/mol. The topological polar surface area (TPSA) is 63.0 Å². The van der Waals surface area contributed by atoms with Gasteiger partial charge in [0, 0.05) is 17.1 Å². The lowest BCUT2D eigenvalue weighted by Gasteiger charge is -2.06. The molecule has 0 atom stereocenters. The first-order valence-corrected chi connectivity index (χ1v) is 7.96. The number of nitrogens with one attached hydrogen (secondary N) is 1. The van der Waals surface area contributed by atoms with Crippen LogP contribution in [0.25, 0.3) is 10.6 Å². The summed E-state index contributed by atoms with van der Waals surface area (Å²) in [5.41, 5.74) is 2.75. The first-order chi connectivity index (χ1) is 9.86. The molecule has 0 aliphatic rings. The van der Waals surface area contributed by atoms with Gasteiger partial charge in [0.05, 0.1) is 30.1 Å². The standard InChI is InChI=1S/C13H14N4OS2/c18-4-3-17-13(15-8-10-7-14-9-20-10)6-11(16-17)12-2-1-5-19-12/h1-2,5-7,9,15,18H,3-4,8H2. The third-order valence-electron chi connectivity index (χ3n) is 2.79. The van der Waals surface area contributed by atoms with Gasteiger partial charge in [-0.05, 0) is 11.4 Å². The molecule has 3 rings (SSSR count). The van der Waals surface area contributed by atoms with E-state index in [0.717, 1.165) is 16.4 Å². The monoisotopic (exact) mass is 306 g/mol. The number of hydrogen-bond acceptors (Lipinski definition) is 6. The van der Waals surface area contributed by atoms with Crippen molar-refractivity contribution in [3.8, 4) is 10.6 Å². The van der Waals surface area contributed by atoms with E-state index in [1.165, 1.54) is 4.88 Å². The van der Waals surface area contributed by atoms with Gasteiger partial charge in [-0.25, -0.2) is 4.68 Å². The maximum atomic E-state index is 9.14. The van der Waals surface area contributed by atoms with Crippen molar-refractivity contribution in [3.05, 3.63) is 40.2 Å².